The summed E-state index contributed by atoms with van der Waals surface area (Å²) in [7, 11) is 3.47. The summed E-state index contributed by atoms with van der Waals surface area (Å²) in [6, 6.07) is 16.2. The highest BCUT2D eigenvalue weighted by Gasteiger charge is 2.46. The minimum atomic E-state index is -0.688. The monoisotopic (exact) mass is 1070 g/mol. The predicted molar refractivity (Wildman–Crippen MR) is 297 cm³/mol. The van der Waals surface area contributed by atoms with Gasteiger partial charge in [0.25, 0.3) is 0 Å². The number of nitrogens with zero attached hydrogens (tertiary/aromatic N) is 4. The molecule has 3 saturated carbocycles. The molecule has 5 aliphatic rings. The number of likely N-dealkylation sites (tertiary alicyclic amines) is 2. The van der Waals surface area contributed by atoms with Crippen LogP contribution in [0.15, 0.2) is 71.4 Å². The molecule has 0 bridgehead atoms. The molecule has 8 atom stereocenters. The van der Waals surface area contributed by atoms with Gasteiger partial charge in [0.15, 0.2) is 0 Å². The van der Waals surface area contributed by atoms with E-state index in [1.807, 2.05) is 81.2 Å². The zero-order valence-corrected chi connectivity index (χ0v) is 46.3. The minimum Gasteiger partial charge on any atom is -0.351 e. The number of amides is 6. The molecule has 6 amide bonds. The van der Waals surface area contributed by atoms with Gasteiger partial charge >= 0.3 is 0 Å². The summed E-state index contributed by atoms with van der Waals surface area (Å²) in [5, 5.41) is 24.6. The Morgan fingerprint density at radius 1 is 0.526 bits per heavy atom. The van der Waals surface area contributed by atoms with Gasteiger partial charge in [-0.2, -0.15) is 0 Å². The lowest BCUT2D eigenvalue weighted by molar-refractivity contribution is -0.140. The summed E-state index contributed by atoms with van der Waals surface area (Å²) in [4.78, 5) is 99.0. The maximum Gasteiger partial charge on any atom is 0.246 e. The van der Waals surface area contributed by atoms with Gasteiger partial charge in [0.05, 0.1) is 35.6 Å². The lowest BCUT2D eigenvalue weighted by Gasteiger charge is -2.35. The Labute approximate surface area is 456 Å². The van der Waals surface area contributed by atoms with Gasteiger partial charge in [0.2, 0.25) is 35.4 Å². The molecule has 2 saturated heterocycles. The Bertz CT molecular complexity index is 2430. The summed E-state index contributed by atoms with van der Waals surface area (Å²) < 4.78 is 0. The number of aromatic nitrogens is 2. The minimum absolute atomic E-state index is 0.0138. The first-order chi connectivity index (χ1) is 36.9. The highest BCUT2D eigenvalue weighted by atomic mass is 32.1. The zero-order chi connectivity index (χ0) is 53.3. The molecule has 9 rings (SSSR count). The maximum atomic E-state index is 14.9. The second-order valence-corrected chi connectivity index (χ2v) is 23.9. The van der Waals surface area contributed by atoms with Gasteiger partial charge < -0.3 is 41.7 Å². The number of hydrogen-bond donors (Lipinski definition) is 6. The van der Waals surface area contributed by atoms with E-state index in [0.29, 0.717) is 51.6 Å². The van der Waals surface area contributed by atoms with Crippen molar-refractivity contribution in [1.82, 2.24) is 51.7 Å². The highest BCUT2D eigenvalue weighted by molar-refractivity contribution is 7.10. The molecule has 76 heavy (non-hydrogen) atoms. The molecule has 16 nitrogen and oxygen atoms in total. The third-order valence-corrected chi connectivity index (χ3v) is 19.0. The molecule has 2 aromatic carbocycles. The molecule has 6 N–H and O–H groups in total. The fourth-order valence-corrected chi connectivity index (χ4v) is 14.2. The average molecular weight is 1080 g/mol. The van der Waals surface area contributed by atoms with Crippen LogP contribution in [0.2, 0.25) is 0 Å². The first-order valence-electron chi connectivity index (χ1n) is 28.1. The van der Waals surface area contributed by atoms with Crippen molar-refractivity contribution in [3.8, 4) is 22.5 Å². The van der Waals surface area contributed by atoms with Crippen LogP contribution in [0, 0.1) is 23.7 Å². The van der Waals surface area contributed by atoms with Crippen molar-refractivity contribution in [3.05, 3.63) is 81.4 Å². The van der Waals surface area contributed by atoms with Crippen LogP contribution >= 0.6 is 22.7 Å². The molecular weight excluding hydrogens is 997 g/mol. The Morgan fingerprint density at radius 2 is 0.895 bits per heavy atom. The van der Waals surface area contributed by atoms with Crippen molar-refractivity contribution in [3.63, 3.8) is 0 Å². The summed E-state index contributed by atoms with van der Waals surface area (Å²) in [6.07, 6.45) is 12.9. The summed E-state index contributed by atoms with van der Waals surface area (Å²) >= 11 is 3.03. The van der Waals surface area contributed by atoms with Crippen molar-refractivity contribution >= 4 is 58.1 Å². The topological polar surface area (TPSA) is 207 Å². The smallest absolute Gasteiger partial charge is 0.246 e. The van der Waals surface area contributed by atoms with E-state index in [-0.39, 0.29) is 83.3 Å². The number of carbonyl (C=O) groups is 6. The van der Waals surface area contributed by atoms with Crippen LogP contribution in [0.1, 0.15) is 139 Å². The Balaban J connectivity index is 0.861. The van der Waals surface area contributed by atoms with Gasteiger partial charge in [-0.1, -0.05) is 99.2 Å². The van der Waals surface area contributed by atoms with Crippen LogP contribution in [-0.4, -0.2) is 119 Å². The van der Waals surface area contributed by atoms with E-state index in [0.717, 1.165) is 96.7 Å². The molecule has 4 aromatic rings. The maximum absolute atomic E-state index is 14.9. The van der Waals surface area contributed by atoms with E-state index >= 15 is 0 Å². The van der Waals surface area contributed by atoms with E-state index in [1.165, 1.54) is 22.7 Å². The second-order valence-electron chi connectivity index (χ2n) is 22.1. The van der Waals surface area contributed by atoms with Gasteiger partial charge in [-0.15, -0.1) is 22.7 Å². The Hall–Kier alpha value is -5.56. The quantitative estimate of drug-likeness (QED) is 0.0586. The number of likely N-dealkylation sites (N-methyl/N-ethyl adjacent to an activating group) is 2. The fourth-order valence-electron chi connectivity index (χ4n) is 12.3. The van der Waals surface area contributed by atoms with Crippen LogP contribution in [0.25, 0.3) is 22.5 Å². The molecule has 5 fully saturated rings. The fraction of sp³-hybridized carbons (Fsp3) is 0.586. The van der Waals surface area contributed by atoms with Crippen molar-refractivity contribution in [2.45, 2.75) is 165 Å². The van der Waals surface area contributed by atoms with Crippen LogP contribution in [0.5, 0.6) is 0 Å². The average Bonchev–Trinajstić information content (AvgIpc) is 4.33. The first kappa shape index (κ1) is 55.2. The normalized spacial score (nSPS) is 25.0. The molecular formula is C58H78N10O6S2. The molecule has 2 aromatic heterocycles. The summed E-state index contributed by atoms with van der Waals surface area (Å²) in [6.45, 7) is 4.18. The number of rotatable bonds is 18. The molecule has 0 unspecified atom stereocenters. The zero-order valence-electron chi connectivity index (χ0n) is 44.6. The largest absolute Gasteiger partial charge is 0.351 e. The molecule has 18 heteroatoms. The van der Waals surface area contributed by atoms with Gasteiger partial charge in [-0.3, -0.25) is 28.8 Å². The SMILES string of the molecule is CN[C@@H](C)C(=O)N[C@H](C(=O)N1C[C@@H](NC(=O)C2CCC(C(=O)N[C@H]3C[C@@H](c4nc(-c5ccccc5)cs4)N(C(=O)[C@@H](NC(=O)[C@H](C)NC)C4CCCCC4)C3)CC2)C[C@H]1c1nc(-c2ccccc2)cs1)C1CCCCC1. The number of benzene rings is 2. The number of nitrogens with one attached hydrogen (secondary N) is 6. The van der Waals surface area contributed by atoms with Gasteiger partial charge in [-0.05, 0) is 104 Å². The third-order valence-electron chi connectivity index (χ3n) is 17.1. The molecule has 408 valence electrons. The lowest BCUT2D eigenvalue weighted by atomic mass is 9.81. The van der Waals surface area contributed by atoms with Gasteiger partial charge in [-0.25, -0.2) is 9.97 Å². The van der Waals surface area contributed by atoms with Crippen molar-refractivity contribution in [2.75, 3.05) is 27.2 Å². The van der Waals surface area contributed by atoms with E-state index in [4.69, 9.17) is 9.97 Å². The van der Waals surface area contributed by atoms with E-state index in [2.05, 4.69) is 31.9 Å². The molecule has 2 aliphatic heterocycles. The predicted octanol–water partition coefficient (Wildman–Crippen LogP) is 7.30. The molecule has 0 radical (unpaired) electrons. The molecule has 0 spiro atoms. The van der Waals surface area contributed by atoms with Crippen molar-refractivity contribution < 1.29 is 28.8 Å². The number of thiazole rings is 2. The van der Waals surface area contributed by atoms with E-state index < -0.39 is 24.2 Å². The van der Waals surface area contributed by atoms with Gasteiger partial charge in [0.1, 0.15) is 22.1 Å². The Morgan fingerprint density at radius 3 is 1.25 bits per heavy atom. The van der Waals surface area contributed by atoms with E-state index in [9.17, 15) is 28.8 Å². The second kappa shape index (κ2) is 25.7. The molecule has 3 aliphatic carbocycles. The summed E-state index contributed by atoms with van der Waals surface area (Å²) in [5.74, 6) is -1.39. The van der Waals surface area contributed by atoms with E-state index in [1.54, 1.807) is 27.9 Å². The van der Waals surface area contributed by atoms with Crippen LogP contribution < -0.4 is 31.9 Å². The van der Waals surface area contributed by atoms with Crippen LogP contribution in [-0.2, 0) is 28.8 Å². The first-order valence-corrected chi connectivity index (χ1v) is 29.8. The standard InChI is InChI=1S/C58H78N10O6S2/c1-35(59-3)51(69)65-49(39-21-13-7-14-22-39)57(73)67-31-43(29-47(67)55-63-45(33-75-55)37-17-9-5-10-18-37)61-53(71)41-25-27-42(28-26-41)54(72)62-44-30-48(56-64-46(34-76-56)38-19-11-6-12-20-38)68(32-44)58(74)50(40-23-15-8-16-24-40)66-52(70)36(2)60-4/h5-6,9-12,17-20,33-36,39-44,47-50,59-60H,7-8,13-16,21-32H2,1-4H3,(H,61,71)(H,62,72)(H,65,69)(H,66,70)/t35-,36-,41?,42?,43-,44-,47-,48-,49-,50-/m0/s1. The van der Waals surface area contributed by atoms with Crippen LogP contribution in [0.4, 0.5) is 0 Å². The number of carbonyl (C=O) groups excluding carboxylic acids is 6. The van der Waals surface area contributed by atoms with Crippen molar-refractivity contribution in [2.24, 2.45) is 23.7 Å². The number of hydrogen-bond acceptors (Lipinski definition) is 12. The molecule has 4 heterocycles. The third kappa shape index (κ3) is 13.1. The summed E-state index contributed by atoms with van der Waals surface area (Å²) in [5.41, 5.74) is 3.64. The van der Waals surface area contributed by atoms with Crippen molar-refractivity contribution in [1.29, 1.82) is 0 Å². The Kier molecular flexibility index (Phi) is 18.7. The highest BCUT2D eigenvalue weighted by Crippen LogP contribution is 2.41. The van der Waals surface area contributed by atoms with Crippen LogP contribution in [0.3, 0.4) is 0 Å². The van der Waals surface area contributed by atoms with Gasteiger partial charge in [0, 0.05) is 58.9 Å². The lowest BCUT2D eigenvalue weighted by Crippen LogP contribution is -2.56.